The van der Waals surface area contributed by atoms with E-state index in [0.29, 0.717) is 10.4 Å². The van der Waals surface area contributed by atoms with E-state index in [0.717, 1.165) is 32.5 Å². The fourth-order valence-electron chi connectivity index (χ4n) is 1.73. The van der Waals surface area contributed by atoms with E-state index in [-0.39, 0.29) is 5.82 Å². The number of halogens is 2. The van der Waals surface area contributed by atoms with Gasteiger partial charge in [-0.15, -0.1) is 0 Å². The third-order valence-electron chi connectivity index (χ3n) is 2.89. The summed E-state index contributed by atoms with van der Waals surface area (Å²) < 4.78 is 18.6. The van der Waals surface area contributed by atoms with E-state index in [4.69, 9.17) is 4.74 Å². The SMILES string of the molecule is COCCNCC(C)CCc1ccc(F)c(Br)c1. The van der Waals surface area contributed by atoms with Gasteiger partial charge in [0.1, 0.15) is 5.82 Å². The first-order chi connectivity index (χ1) is 8.63. The van der Waals surface area contributed by atoms with Crippen LogP contribution in [0.2, 0.25) is 0 Å². The minimum Gasteiger partial charge on any atom is -0.383 e. The second kappa shape index (κ2) is 8.62. The molecule has 0 radical (unpaired) electrons. The molecule has 0 heterocycles. The number of aryl methyl sites for hydroxylation is 1. The topological polar surface area (TPSA) is 21.3 Å². The second-order valence-corrected chi connectivity index (χ2v) is 5.44. The van der Waals surface area contributed by atoms with Crippen LogP contribution in [0.5, 0.6) is 0 Å². The lowest BCUT2D eigenvalue weighted by molar-refractivity contribution is 0.198. The van der Waals surface area contributed by atoms with Gasteiger partial charge in [-0.2, -0.15) is 0 Å². The third-order valence-corrected chi connectivity index (χ3v) is 3.49. The molecule has 4 heteroatoms. The summed E-state index contributed by atoms with van der Waals surface area (Å²) in [6, 6.07) is 5.23. The zero-order valence-electron chi connectivity index (χ0n) is 11.0. The molecule has 0 saturated carbocycles. The Kier molecular flexibility index (Phi) is 7.47. The molecule has 1 unspecified atom stereocenters. The van der Waals surface area contributed by atoms with Crippen LogP contribution in [0.15, 0.2) is 22.7 Å². The van der Waals surface area contributed by atoms with Crippen LogP contribution in [0, 0.1) is 11.7 Å². The van der Waals surface area contributed by atoms with Crippen LogP contribution in [0.1, 0.15) is 18.9 Å². The van der Waals surface area contributed by atoms with Gasteiger partial charge in [-0.1, -0.05) is 13.0 Å². The molecule has 0 fully saturated rings. The van der Waals surface area contributed by atoms with Crippen molar-refractivity contribution in [1.82, 2.24) is 5.32 Å². The van der Waals surface area contributed by atoms with Gasteiger partial charge in [0, 0.05) is 13.7 Å². The predicted molar refractivity (Wildman–Crippen MR) is 76.3 cm³/mol. The van der Waals surface area contributed by atoms with Crippen LogP contribution in [-0.2, 0) is 11.2 Å². The number of hydrogen-bond acceptors (Lipinski definition) is 2. The molecule has 0 saturated heterocycles. The molecule has 0 amide bonds. The Morgan fingerprint density at radius 3 is 2.89 bits per heavy atom. The molecule has 2 nitrogen and oxygen atoms in total. The van der Waals surface area contributed by atoms with Gasteiger partial charge in [-0.05, 0) is 58.9 Å². The summed E-state index contributed by atoms with van der Waals surface area (Å²) in [5.41, 5.74) is 1.17. The van der Waals surface area contributed by atoms with Gasteiger partial charge in [0.15, 0.2) is 0 Å². The fraction of sp³-hybridized carbons (Fsp3) is 0.571. The van der Waals surface area contributed by atoms with E-state index in [1.807, 2.05) is 12.1 Å². The van der Waals surface area contributed by atoms with Crippen molar-refractivity contribution in [1.29, 1.82) is 0 Å². The molecule has 0 spiro atoms. The molecular weight excluding hydrogens is 297 g/mol. The summed E-state index contributed by atoms with van der Waals surface area (Å²) >= 11 is 3.21. The fourth-order valence-corrected chi connectivity index (χ4v) is 2.16. The van der Waals surface area contributed by atoms with Crippen molar-refractivity contribution < 1.29 is 9.13 Å². The number of benzene rings is 1. The average Bonchev–Trinajstić information content (AvgIpc) is 2.36. The summed E-state index contributed by atoms with van der Waals surface area (Å²) in [7, 11) is 1.71. The molecule has 1 aromatic rings. The van der Waals surface area contributed by atoms with Crippen molar-refractivity contribution in [3.8, 4) is 0 Å². The molecule has 18 heavy (non-hydrogen) atoms. The number of methoxy groups -OCH3 is 1. The minimum absolute atomic E-state index is 0.201. The molecule has 0 aliphatic carbocycles. The van der Waals surface area contributed by atoms with E-state index in [9.17, 15) is 4.39 Å². The number of hydrogen-bond donors (Lipinski definition) is 1. The van der Waals surface area contributed by atoms with Crippen molar-refractivity contribution in [2.45, 2.75) is 19.8 Å². The number of nitrogens with one attached hydrogen (secondary N) is 1. The predicted octanol–water partition coefficient (Wildman–Crippen LogP) is 3.39. The van der Waals surface area contributed by atoms with E-state index >= 15 is 0 Å². The quantitative estimate of drug-likeness (QED) is 0.742. The first kappa shape index (κ1) is 15.6. The third kappa shape index (κ3) is 5.94. The average molecular weight is 318 g/mol. The number of ether oxygens (including phenoxy) is 1. The van der Waals surface area contributed by atoms with Crippen molar-refractivity contribution >= 4 is 15.9 Å². The lowest BCUT2D eigenvalue weighted by Gasteiger charge is -2.12. The Balaban J connectivity index is 2.24. The summed E-state index contributed by atoms with van der Waals surface area (Å²) in [6.45, 7) is 4.85. The monoisotopic (exact) mass is 317 g/mol. The molecule has 1 atom stereocenters. The standard InChI is InChI=1S/C14H21BrFNO/c1-11(10-17-7-8-18-2)3-4-12-5-6-14(16)13(15)9-12/h5-6,9,11,17H,3-4,7-8,10H2,1-2H3. The van der Waals surface area contributed by atoms with Crippen molar-refractivity contribution in [2.24, 2.45) is 5.92 Å². The van der Waals surface area contributed by atoms with Gasteiger partial charge in [0.2, 0.25) is 0 Å². The Morgan fingerprint density at radius 1 is 1.44 bits per heavy atom. The first-order valence-electron chi connectivity index (χ1n) is 6.27. The number of rotatable bonds is 8. The second-order valence-electron chi connectivity index (χ2n) is 4.59. The summed E-state index contributed by atoms with van der Waals surface area (Å²) in [4.78, 5) is 0. The highest BCUT2D eigenvalue weighted by atomic mass is 79.9. The molecule has 102 valence electrons. The molecule has 1 aromatic carbocycles. The normalized spacial score (nSPS) is 12.7. The molecule has 1 rings (SSSR count). The lowest BCUT2D eigenvalue weighted by Crippen LogP contribution is -2.25. The van der Waals surface area contributed by atoms with Crippen LogP contribution < -0.4 is 5.32 Å². The van der Waals surface area contributed by atoms with Gasteiger partial charge in [0.05, 0.1) is 11.1 Å². The molecular formula is C14H21BrFNO. The van der Waals surface area contributed by atoms with E-state index < -0.39 is 0 Å². The summed E-state index contributed by atoms with van der Waals surface area (Å²) in [5, 5.41) is 3.35. The van der Waals surface area contributed by atoms with Crippen molar-refractivity contribution in [3.05, 3.63) is 34.1 Å². The van der Waals surface area contributed by atoms with Crippen LogP contribution in [-0.4, -0.2) is 26.8 Å². The van der Waals surface area contributed by atoms with Gasteiger partial charge >= 0.3 is 0 Å². The van der Waals surface area contributed by atoms with Gasteiger partial charge < -0.3 is 10.1 Å². The first-order valence-corrected chi connectivity index (χ1v) is 7.06. The maximum Gasteiger partial charge on any atom is 0.137 e. The molecule has 0 aromatic heterocycles. The smallest absolute Gasteiger partial charge is 0.137 e. The maximum absolute atomic E-state index is 13.1. The largest absolute Gasteiger partial charge is 0.383 e. The highest BCUT2D eigenvalue weighted by Gasteiger charge is 2.04. The molecule has 1 N–H and O–H groups in total. The van der Waals surface area contributed by atoms with E-state index in [1.54, 1.807) is 7.11 Å². The summed E-state index contributed by atoms with van der Waals surface area (Å²) in [5.74, 6) is 0.402. The van der Waals surface area contributed by atoms with E-state index in [1.165, 1.54) is 11.6 Å². The van der Waals surface area contributed by atoms with Crippen molar-refractivity contribution in [3.63, 3.8) is 0 Å². The maximum atomic E-state index is 13.1. The van der Waals surface area contributed by atoms with E-state index in [2.05, 4.69) is 28.2 Å². The Labute approximate surface area is 117 Å². The Hall–Kier alpha value is -0.450. The highest BCUT2D eigenvalue weighted by Crippen LogP contribution is 2.18. The lowest BCUT2D eigenvalue weighted by atomic mass is 10.0. The van der Waals surface area contributed by atoms with Gasteiger partial charge in [-0.3, -0.25) is 0 Å². The molecule has 0 bridgehead atoms. The zero-order chi connectivity index (χ0) is 13.4. The zero-order valence-corrected chi connectivity index (χ0v) is 12.6. The van der Waals surface area contributed by atoms with Gasteiger partial charge in [-0.25, -0.2) is 4.39 Å². The van der Waals surface area contributed by atoms with Gasteiger partial charge in [0.25, 0.3) is 0 Å². The van der Waals surface area contributed by atoms with Crippen molar-refractivity contribution in [2.75, 3.05) is 26.8 Å². The Morgan fingerprint density at radius 2 is 2.22 bits per heavy atom. The Bertz CT molecular complexity index is 360. The minimum atomic E-state index is -0.201. The van der Waals surface area contributed by atoms with Crippen LogP contribution in [0.4, 0.5) is 4.39 Å². The highest BCUT2D eigenvalue weighted by molar-refractivity contribution is 9.10. The molecule has 0 aliphatic heterocycles. The van der Waals surface area contributed by atoms with Crippen LogP contribution in [0.25, 0.3) is 0 Å². The molecule has 0 aliphatic rings. The van der Waals surface area contributed by atoms with Crippen LogP contribution >= 0.6 is 15.9 Å². The summed E-state index contributed by atoms with van der Waals surface area (Å²) in [6.07, 6.45) is 2.07. The van der Waals surface area contributed by atoms with Crippen LogP contribution in [0.3, 0.4) is 0 Å².